The van der Waals surface area contributed by atoms with Crippen molar-refractivity contribution in [2.45, 2.75) is 52.0 Å². The van der Waals surface area contributed by atoms with Gasteiger partial charge in [-0.25, -0.2) is 4.79 Å². The number of hydrogen-bond acceptors (Lipinski definition) is 6. The Bertz CT molecular complexity index is 888. The lowest BCUT2D eigenvalue weighted by Crippen LogP contribution is -2.40. The van der Waals surface area contributed by atoms with E-state index in [0.29, 0.717) is 29.2 Å². The normalized spacial score (nSPS) is 14.1. The van der Waals surface area contributed by atoms with Crippen LogP contribution in [0.3, 0.4) is 0 Å². The van der Waals surface area contributed by atoms with E-state index in [-0.39, 0.29) is 18.0 Å². The van der Waals surface area contributed by atoms with E-state index in [9.17, 15) is 9.59 Å². The molecule has 164 valence electrons. The molecule has 1 saturated carbocycles. The molecule has 0 saturated heterocycles. The zero-order valence-electron chi connectivity index (χ0n) is 18.3. The summed E-state index contributed by atoms with van der Waals surface area (Å²) in [5, 5.41) is 14.1. The summed E-state index contributed by atoms with van der Waals surface area (Å²) in [6, 6.07) is 7.70. The number of carbonyl (C=O) groups excluding carboxylic acids is 1. The molecular weight excluding hydrogens is 380 g/mol. The van der Waals surface area contributed by atoms with Crippen LogP contribution in [0.4, 0.5) is 5.69 Å². The summed E-state index contributed by atoms with van der Waals surface area (Å²) in [7, 11) is 2.12. The molecular formula is C23H34N4O3. The van der Waals surface area contributed by atoms with Crippen molar-refractivity contribution in [2.24, 2.45) is 0 Å². The molecule has 0 spiro atoms. The second-order valence-electron chi connectivity index (χ2n) is 7.29. The van der Waals surface area contributed by atoms with Crippen LogP contribution < -0.4 is 16.3 Å². The van der Waals surface area contributed by atoms with Gasteiger partial charge in [-0.15, -0.1) is 0 Å². The van der Waals surface area contributed by atoms with E-state index in [2.05, 4.69) is 22.6 Å². The minimum absolute atomic E-state index is 0.0292. The van der Waals surface area contributed by atoms with Crippen LogP contribution in [0, 0.1) is 5.41 Å². The molecule has 0 aliphatic heterocycles. The highest BCUT2D eigenvalue weighted by Crippen LogP contribution is 2.24. The number of hydrogen-bond donors (Lipinski definition) is 3. The molecule has 0 atom stereocenters. The van der Waals surface area contributed by atoms with Gasteiger partial charge in [-0.1, -0.05) is 45.2 Å². The van der Waals surface area contributed by atoms with E-state index in [4.69, 9.17) is 9.83 Å². The number of likely N-dealkylation sites (N-methyl/N-ethyl adjacent to an activating group) is 1. The number of para-hydroxylation sites is 1. The molecule has 1 aromatic carbocycles. The van der Waals surface area contributed by atoms with Crippen molar-refractivity contribution in [3.8, 4) is 0 Å². The second-order valence-corrected chi connectivity index (χ2v) is 7.29. The molecule has 30 heavy (non-hydrogen) atoms. The van der Waals surface area contributed by atoms with Gasteiger partial charge in [0.15, 0.2) is 0 Å². The van der Waals surface area contributed by atoms with Crippen LogP contribution in [0.2, 0.25) is 0 Å². The summed E-state index contributed by atoms with van der Waals surface area (Å²) in [4.78, 5) is 26.6. The molecule has 7 heteroatoms. The molecule has 0 unspecified atom stereocenters. The maximum atomic E-state index is 12.2. The van der Waals surface area contributed by atoms with Crippen LogP contribution in [0.5, 0.6) is 0 Å². The fraction of sp³-hybridized carbons (Fsp3) is 0.522. The Balaban J connectivity index is 0.00000155. The standard InChI is InChI=1S/C21H28N4O3.C2H6/c1-25(15-7-3-2-4-8-15)12-11-23-19(26)14-24-20-16-9-5-6-10-18(16)28-21(27)17(20)13-22;1-2/h5-6,9-10,13,15,22,24H,2-4,7-8,11-12,14H2,1H3,(H,23,26);1-2H3. The number of anilines is 1. The third-order valence-corrected chi connectivity index (χ3v) is 5.40. The van der Waals surface area contributed by atoms with Gasteiger partial charge in [0, 0.05) is 30.7 Å². The van der Waals surface area contributed by atoms with Crippen molar-refractivity contribution in [3.05, 3.63) is 40.2 Å². The topological polar surface area (TPSA) is 98.4 Å². The van der Waals surface area contributed by atoms with Crippen molar-refractivity contribution in [1.29, 1.82) is 5.41 Å². The first-order chi connectivity index (χ1) is 14.6. The fourth-order valence-corrected chi connectivity index (χ4v) is 3.79. The van der Waals surface area contributed by atoms with E-state index < -0.39 is 5.63 Å². The molecule has 1 aliphatic rings. The van der Waals surface area contributed by atoms with Crippen LogP contribution >= 0.6 is 0 Å². The van der Waals surface area contributed by atoms with Crippen LogP contribution in [-0.2, 0) is 4.79 Å². The minimum atomic E-state index is -0.592. The first-order valence-corrected chi connectivity index (χ1v) is 10.9. The highest BCUT2D eigenvalue weighted by Gasteiger charge is 2.18. The van der Waals surface area contributed by atoms with Crippen molar-refractivity contribution >= 4 is 28.8 Å². The predicted molar refractivity (Wildman–Crippen MR) is 123 cm³/mol. The lowest BCUT2D eigenvalue weighted by Gasteiger charge is -2.31. The number of benzene rings is 1. The highest BCUT2D eigenvalue weighted by atomic mass is 16.4. The zero-order valence-corrected chi connectivity index (χ0v) is 18.3. The van der Waals surface area contributed by atoms with Crippen LogP contribution in [0.1, 0.15) is 51.5 Å². The maximum absolute atomic E-state index is 12.2. The largest absolute Gasteiger partial charge is 0.422 e. The van der Waals surface area contributed by atoms with Gasteiger partial charge in [-0.3, -0.25) is 4.79 Å². The van der Waals surface area contributed by atoms with Crippen LogP contribution in [-0.4, -0.2) is 49.7 Å². The molecule has 3 N–H and O–H groups in total. The number of nitrogens with one attached hydrogen (secondary N) is 3. The highest BCUT2D eigenvalue weighted by molar-refractivity contribution is 6.00. The molecule has 0 bridgehead atoms. The molecule has 1 aromatic heterocycles. The predicted octanol–water partition coefficient (Wildman–Crippen LogP) is 3.61. The summed E-state index contributed by atoms with van der Waals surface area (Å²) >= 11 is 0. The average Bonchev–Trinajstić information content (AvgIpc) is 2.79. The third-order valence-electron chi connectivity index (χ3n) is 5.40. The summed E-state index contributed by atoms with van der Waals surface area (Å²) in [5.74, 6) is -0.148. The van der Waals surface area contributed by atoms with Gasteiger partial charge >= 0.3 is 5.63 Å². The molecule has 1 amide bonds. The van der Waals surface area contributed by atoms with Gasteiger partial charge in [0.05, 0.1) is 12.2 Å². The minimum Gasteiger partial charge on any atom is -0.422 e. The quantitative estimate of drug-likeness (QED) is 0.453. The molecule has 1 fully saturated rings. The molecule has 1 heterocycles. The number of rotatable bonds is 8. The first kappa shape index (κ1) is 23.6. The van der Waals surface area contributed by atoms with Crippen molar-refractivity contribution in [2.75, 3.05) is 32.0 Å². The lowest BCUT2D eigenvalue weighted by atomic mass is 9.94. The van der Waals surface area contributed by atoms with E-state index >= 15 is 0 Å². The molecule has 7 nitrogen and oxygen atoms in total. The van der Waals surface area contributed by atoms with Crippen LogP contribution in [0.15, 0.2) is 33.5 Å². The van der Waals surface area contributed by atoms with E-state index in [1.807, 2.05) is 19.9 Å². The van der Waals surface area contributed by atoms with Crippen molar-refractivity contribution in [3.63, 3.8) is 0 Å². The smallest absolute Gasteiger partial charge is 0.347 e. The third kappa shape index (κ3) is 6.16. The van der Waals surface area contributed by atoms with Crippen molar-refractivity contribution < 1.29 is 9.21 Å². The van der Waals surface area contributed by atoms with E-state index in [1.165, 1.54) is 32.1 Å². The zero-order chi connectivity index (χ0) is 21.9. The fourth-order valence-electron chi connectivity index (χ4n) is 3.79. The number of nitrogens with zero attached hydrogens (tertiary/aromatic N) is 1. The summed E-state index contributed by atoms with van der Waals surface area (Å²) < 4.78 is 5.23. The first-order valence-electron chi connectivity index (χ1n) is 10.9. The number of amides is 1. The Kier molecular flexibility index (Phi) is 9.54. The Labute approximate surface area is 178 Å². The van der Waals surface area contributed by atoms with Gasteiger partial charge in [0.1, 0.15) is 11.1 Å². The Morgan fingerprint density at radius 3 is 2.63 bits per heavy atom. The van der Waals surface area contributed by atoms with Gasteiger partial charge in [0.25, 0.3) is 0 Å². The summed E-state index contributed by atoms with van der Waals surface area (Å²) in [6.45, 7) is 5.43. The Hall–Kier alpha value is -2.67. The van der Waals surface area contributed by atoms with Crippen LogP contribution in [0.25, 0.3) is 11.0 Å². The van der Waals surface area contributed by atoms with E-state index in [1.54, 1.807) is 18.2 Å². The SMILES string of the molecule is CC.CN(CCNC(=O)CNc1c(C=N)c(=O)oc2ccccc12)C1CCCCC1. The Morgan fingerprint density at radius 2 is 1.93 bits per heavy atom. The lowest BCUT2D eigenvalue weighted by molar-refractivity contribution is -0.119. The number of fused-ring (bicyclic) bond motifs is 1. The summed E-state index contributed by atoms with van der Waals surface area (Å²) in [5.41, 5.74) is 0.403. The monoisotopic (exact) mass is 414 g/mol. The van der Waals surface area contributed by atoms with Crippen molar-refractivity contribution in [1.82, 2.24) is 10.2 Å². The number of carbonyl (C=O) groups is 1. The molecule has 0 radical (unpaired) electrons. The molecule has 2 aromatic rings. The van der Waals surface area contributed by atoms with Gasteiger partial charge < -0.3 is 25.4 Å². The van der Waals surface area contributed by atoms with Gasteiger partial charge in [-0.05, 0) is 32.0 Å². The van der Waals surface area contributed by atoms with Gasteiger partial charge in [-0.2, -0.15) is 0 Å². The molecule has 1 aliphatic carbocycles. The molecule has 3 rings (SSSR count). The maximum Gasteiger partial charge on any atom is 0.347 e. The Morgan fingerprint density at radius 1 is 1.23 bits per heavy atom. The van der Waals surface area contributed by atoms with E-state index in [0.717, 1.165) is 12.8 Å². The average molecular weight is 415 g/mol. The second kappa shape index (κ2) is 12.1. The van der Waals surface area contributed by atoms with Gasteiger partial charge in [0.2, 0.25) is 5.91 Å². The summed E-state index contributed by atoms with van der Waals surface area (Å²) in [6.07, 6.45) is 7.35.